The number of hydrogen-bond donors (Lipinski definition) is 1. The van der Waals surface area contributed by atoms with Crippen LogP contribution in [0.25, 0.3) is 0 Å². The maximum absolute atomic E-state index is 6.23. The lowest BCUT2D eigenvalue weighted by Crippen LogP contribution is -2.13. The topological polar surface area (TPSA) is 38.9 Å². The van der Waals surface area contributed by atoms with E-state index in [0.29, 0.717) is 0 Å². The molecule has 1 unspecified atom stereocenters. The predicted octanol–water partition coefficient (Wildman–Crippen LogP) is 3.36. The molecule has 2 heteroatoms. The molecule has 16 heavy (non-hydrogen) atoms. The van der Waals surface area contributed by atoms with Crippen LogP contribution in [0.3, 0.4) is 0 Å². The van der Waals surface area contributed by atoms with Gasteiger partial charge in [0, 0.05) is 18.4 Å². The fourth-order valence-electron chi connectivity index (χ4n) is 2.73. The van der Waals surface area contributed by atoms with Crippen molar-refractivity contribution in [3.8, 4) is 0 Å². The number of nitrogens with zero attached hydrogens (tertiary/aromatic N) is 1. The summed E-state index contributed by atoms with van der Waals surface area (Å²) < 4.78 is 0. The Bertz CT molecular complexity index is 329. The summed E-state index contributed by atoms with van der Waals surface area (Å²) in [6.45, 7) is 2.12. The molecule has 0 amide bonds. The van der Waals surface area contributed by atoms with Crippen LogP contribution in [0.15, 0.2) is 18.5 Å². The molecule has 1 saturated carbocycles. The molecule has 2 N–H and O–H groups in total. The zero-order valence-electron chi connectivity index (χ0n) is 10.2. The first-order chi connectivity index (χ1) is 7.77. The Labute approximate surface area is 98.3 Å². The van der Waals surface area contributed by atoms with Crippen molar-refractivity contribution in [3.63, 3.8) is 0 Å². The number of aromatic nitrogens is 1. The molecule has 0 spiro atoms. The molecule has 0 radical (unpaired) electrons. The number of pyridine rings is 1. The quantitative estimate of drug-likeness (QED) is 0.841. The van der Waals surface area contributed by atoms with Gasteiger partial charge in [-0.05, 0) is 42.9 Å². The van der Waals surface area contributed by atoms with Gasteiger partial charge in [-0.1, -0.05) is 25.7 Å². The smallest absolute Gasteiger partial charge is 0.0318 e. The van der Waals surface area contributed by atoms with E-state index in [-0.39, 0.29) is 6.04 Å². The molecule has 88 valence electrons. The Morgan fingerprint density at radius 1 is 1.44 bits per heavy atom. The van der Waals surface area contributed by atoms with Crippen LogP contribution in [-0.4, -0.2) is 4.98 Å². The largest absolute Gasteiger partial charge is 0.324 e. The minimum atomic E-state index is 0.175. The van der Waals surface area contributed by atoms with Crippen LogP contribution in [0.4, 0.5) is 0 Å². The lowest BCUT2D eigenvalue weighted by atomic mass is 9.94. The van der Waals surface area contributed by atoms with Gasteiger partial charge < -0.3 is 5.73 Å². The molecule has 0 aromatic carbocycles. The summed E-state index contributed by atoms with van der Waals surface area (Å²) in [6, 6.07) is 2.22. The van der Waals surface area contributed by atoms with Crippen molar-refractivity contribution in [1.29, 1.82) is 0 Å². The Hall–Kier alpha value is -0.890. The summed E-state index contributed by atoms with van der Waals surface area (Å²) in [6.07, 6.45) is 11.8. The van der Waals surface area contributed by atoms with Crippen LogP contribution in [0.1, 0.15) is 55.7 Å². The molecular formula is C14H22N2. The number of hydrogen-bond acceptors (Lipinski definition) is 2. The molecule has 2 nitrogen and oxygen atoms in total. The van der Waals surface area contributed by atoms with E-state index in [4.69, 9.17) is 5.73 Å². The Balaban J connectivity index is 1.87. The van der Waals surface area contributed by atoms with E-state index in [1.54, 1.807) is 0 Å². The van der Waals surface area contributed by atoms with Crippen LogP contribution in [-0.2, 0) is 0 Å². The minimum Gasteiger partial charge on any atom is -0.324 e. The highest BCUT2D eigenvalue weighted by Crippen LogP contribution is 2.31. The standard InChI is InChI=1S/C14H22N2/c1-11-8-9-16-10-13(11)14(15)7-6-12-4-2-3-5-12/h8-10,12,14H,2-7,15H2,1H3. The minimum absolute atomic E-state index is 0.175. The van der Waals surface area contributed by atoms with E-state index < -0.39 is 0 Å². The highest BCUT2D eigenvalue weighted by Gasteiger charge is 2.17. The second kappa shape index (κ2) is 5.44. The molecule has 1 aliphatic rings. The van der Waals surface area contributed by atoms with E-state index in [9.17, 15) is 0 Å². The first-order valence-electron chi connectivity index (χ1n) is 6.43. The molecule has 1 aromatic rings. The van der Waals surface area contributed by atoms with Crippen LogP contribution in [0.5, 0.6) is 0 Å². The third-order valence-corrected chi connectivity index (χ3v) is 3.84. The first-order valence-corrected chi connectivity index (χ1v) is 6.43. The fraction of sp³-hybridized carbons (Fsp3) is 0.643. The van der Waals surface area contributed by atoms with Gasteiger partial charge in [0.2, 0.25) is 0 Å². The molecule has 1 heterocycles. The van der Waals surface area contributed by atoms with E-state index in [1.165, 1.54) is 43.2 Å². The second-order valence-corrected chi connectivity index (χ2v) is 5.07. The van der Waals surface area contributed by atoms with Gasteiger partial charge in [-0.15, -0.1) is 0 Å². The average molecular weight is 218 g/mol. The van der Waals surface area contributed by atoms with Gasteiger partial charge >= 0.3 is 0 Å². The van der Waals surface area contributed by atoms with Gasteiger partial charge in [-0.2, -0.15) is 0 Å². The number of nitrogens with two attached hydrogens (primary N) is 1. The summed E-state index contributed by atoms with van der Waals surface area (Å²) in [4.78, 5) is 4.17. The van der Waals surface area contributed by atoms with Gasteiger partial charge in [0.05, 0.1) is 0 Å². The fourth-order valence-corrected chi connectivity index (χ4v) is 2.73. The SMILES string of the molecule is Cc1ccncc1C(N)CCC1CCCC1. The summed E-state index contributed by atoms with van der Waals surface area (Å²) in [5.41, 5.74) is 8.73. The second-order valence-electron chi connectivity index (χ2n) is 5.07. The average Bonchev–Trinajstić information content (AvgIpc) is 2.79. The van der Waals surface area contributed by atoms with E-state index in [0.717, 1.165) is 12.3 Å². The lowest BCUT2D eigenvalue weighted by Gasteiger charge is -2.16. The van der Waals surface area contributed by atoms with Crippen molar-refractivity contribution in [1.82, 2.24) is 4.98 Å². The number of aryl methyl sites for hydroxylation is 1. The van der Waals surface area contributed by atoms with Crippen molar-refractivity contribution < 1.29 is 0 Å². The van der Waals surface area contributed by atoms with Crippen LogP contribution in [0, 0.1) is 12.8 Å². The van der Waals surface area contributed by atoms with E-state index in [2.05, 4.69) is 11.9 Å². The molecule has 2 rings (SSSR count). The molecular weight excluding hydrogens is 196 g/mol. The molecule has 1 fully saturated rings. The van der Waals surface area contributed by atoms with Crippen molar-refractivity contribution >= 4 is 0 Å². The molecule has 1 atom stereocenters. The van der Waals surface area contributed by atoms with Gasteiger partial charge in [0.1, 0.15) is 0 Å². The summed E-state index contributed by atoms with van der Waals surface area (Å²) >= 11 is 0. The Morgan fingerprint density at radius 2 is 2.19 bits per heavy atom. The zero-order valence-corrected chi connectivity index (χ0v) is 10.2. The van der Waals surface area contributed by atoms with Crippen LogP contribution in [0.2, 0.25) is 0 Å². The molecule has 0 saturated heterocycles. The summed E-state index contributed by atoms with van der Waals surface area (Å²) in [5.74, 6) is 0.933. The van der Waals surface area contributed by atoms with E-state index in [1.807, 2.05) is 18.5 Å². The van der Waals surface area contributed by atoms with Gasteiger partial charge in [-0.3, -0.25) is 4.98 Å². The summed E-state index contributed by atoms with van der Waals surface area (Å²) in [7, 11) is 0. The first kappa shape index (κ1) is 11.6. The number of rotatable bonds is 4. The maximum atomic E-state index is 6.23. The highest BCUT2D eigenvalue weighted by atomic mass is 14.7. The highest BCUT2D eigenvalue weighted by molar-refractivity contribution is 5.24. The maximum Gasteiger partial charge on any atom is 0.0318 e. The van der Waals surface area contributed by atoms with Gasteiger partial charge in [0.15, 0.2) is 0 Å². The van der Waals surface area contributed by atoms with Crippen LogP contribution < -0.4 is 5.73 Å². The zero-order chi connectivity index (χ0) is 11.4. The monoisotopic (exact) mass is 218 g/mol. The van der Waals surface area contributed by atoms with Gasteiger partial charge in [0.25, 0.3) is 0 Å². The predicted molar refractivity (Wildman–Crippen MR) is 67.1 cm³/mol. The molecule has 0 aliphatic heterocycles. The third-order valence-electron chi connectivity index (χ3n) is 3.84. The normalized spacial score (nSPS) is 18.9. The molecule has 0 bridgehead atoms. The summed E-state index contributed by atoms with van der Waals surface area (Å²) in [5, 5.41) is 0. The third kappa shape index (κ3) is 2.82. The van der Waals surface area contributed by atoms with Crippen LogP contribution >= 0.6 is 0 Å². The van der Waals surface area contributed by atoms with Crippen molar-refractivity contribution in [2.45, 2.75) is 51.5 Å². The molecule has 1 aliphatic carbocycles. The lowest BCUT2D eigenvalue weighted by molar-refractivity contribution is 0.453. The van der Waals surface area contributed by atoms with Gasteiger partial charge in [-0.25, -0.2) is 0 Å². The molecule has 1 aromatic heterocycles. The van der Waals surface area contributed by atoms with Crippen molar-refractivity contribution in [2.75, 3.05) is 0 Å². The Kier molecular flexibility index (Phi) is 3.94. The van der Waals surface area contributed by atoms with E-state index >= 15 is 0 Å². The van der Waals surface area contributed by atoms with Crippen molar-refractivity contribution in [2.24, 2.45) is 11.7 Å². The van der Waals surface area contributed by atoms with Crippen molar-refractivity contribution in [3.05, 3.63) is 29.6 Å². The Morgan fingerprint density at radius 3 is 2.88 bits per heavy atom.